The Kier molecular flexibility index (Phi) is 5.88. The highest BCUT2D eigenvalue weighted by Crippen LogP contribution is 2.28. The summed E-state index contributed by atoms with van der Waals surface area (Å²) in [5, 5.41) is 3.76. The molecule has 0 aromatic rings. The summed E-state index contributed by atoms with van der Waals surface area (Å²) in [6.07, 6.45) is 8.13. The van der Waals surface area contributed by atoms with Crippen LogP contribution in [0.25, 0.3) is 0 Å². The highest BCUT2D eigenvalue weighted by atomic mass is 15.2. The van der Waals surface area contributed by atoms with Crippen molar-refractivity contribution in [2.45, 2.75) is 64.5 Å². The molecule has 0 bridgehead atoms. The second-order valence-electron chi connectivity index (χ2n) is 7.69. The van der Waals surface area contributed by atoms with Crippen LogP contribution in [0.5, 0.6) is 0 Å². The predicted molar refractivity (Wildman–Crippen MR) is 87.2 cm³/mol. The van der Waals surface area contributed by atoms with E-state index in [9.17, 15) is 0 Å². The summed E-state index contributed by atoms with van der Waals surface area (Å²) < 4.78 is 0. The SMILES string of the molecule is CCCC(C)(CNC1CC1)CN1CCC(N(C)C)CC1. The van der Waals surface area contributed by atoms with Gasteiger partial charge in [-0.1, -0.05) is 20.3 Å². The van der Waals surface area contributed by atoms with E-state index in [1.165, 1.54) is 64.7 Å². The number of hydrogen-bond donors (Lipinski definition) is 1. The third-order valence-corrected chi connectivity index (χ3v) is 5.14. The van der Waals surface area contributed by atoms with Crippen LogP contribution in [0.2, 0.25) is 0 Å². The first kappa shape index (κ1) is 16.3. The van der Waals surface area contributed by atoms with E-state index in [4.69, 9.17) is 0 Å². The fourth-order valence-corrected chi connectivity index (χ4v) is 3.64. The quantitative estimate of drug-likeness (QED) is 0.738. The zero-order valence-electron chi connectivity index (χ0n) is 14.1. The van der Waals surface area contributed by atoms with E-state index in [1.54, 1.807) is 0 Å². The van der Waals surface area contributed by atoms with Crippen molar-refractivity contribution in [1.29, 1.82) is 0 Å². The van der Waals surface area contributed by atoms with E-state index in [-0.39, 0.29) is 0 Å². The Balaban J connectivity index is 1.78. The summed E-state index contributed by atoms with van der Waals surface area (Å²) in [7, 11) is 4.45. The van der Waals surface area contributed by atoms with Crippen molar-refractivity contribution in [1.82, 2.24) is 15.1 Å². The zero-order valence-corrected chi connectivity index (χ0v) is 14.1. The second kappa shape index (κ2) is 7.24. The topological polar surface area (TPSA) is 18.5 Å². The summed E-state index contributed by atoms with van der Waals surface area (Å²) in [6, 6.07) is 1.64. The number of rotatable bonds is 8. The van der Waals surface area contributed by atoms with Gasteiger partial charge in [0.05, 0.1) is 0 Å². The van der Waals surface area contributed by atoms with E-state index in [0.29, 0.717) is 5.41 Å². The highest BCUT2D eigenvalue weighted by Gasteiger charge is 2.31. The van der Waals surface area contributed by atoms with Gasteiger partial charge in [-0.2, -0.15) is 0 Å². The lowest BCUT2D eigenvalue weighted by atomic mass is 9.84. The van der Waals surface area contributed by atoms with Crippen LogP contribution in [0.4, 0.5) is 0 Å². The Morgan fingerprint density at radius 3 is 2.30 bits per heavy atom. The minimum Gasteiger partial charge on any atom is -0.313 e. The average molecular weight is 281 g/mol. The van der Waals surface area contributed by atoms with Crippen LogP contribution in [0, 0.1) is 5.41 Å². The van der Waals surface area contributed by atoms with Crippen LogP contribution < -0.4 is 5.32 Å². The van der Waals surface area contributed by atoms with Gasteiger partial charge in [0, 0.05) is 25.2 Å². The molecule has 0 aromatic carbocycles. The molecule has 1 saturated heterocycles. The van der Waals surface area contributed by atoms with E-state index >= 15 is 0 Å². The molecule has 1 unspecified atom stereocenters. The molecule has 0 spiro atoms. The number of nitrogens with zero attached hydrogens (tertiary/aromatic N) is 2. The molecule has 1 heterocycles. The molecular weight excluding hydrogens is 246 g/mol. The van der Waals surface area contributed by atoms with E-state index in [0.717, 1.165) is 12.1 Å². The van der Waals surface area contributed by atoms with Crippen LogP contribution in [0.3, 0.4) is 0 Å². The fourth-order valence-electron chi connectivity index (χ4n) is 3.64. The summed E-state index contributed by atoms with van der Waals surface area (Å²) >= 11 is 0. The van der Waals surface area contributed by atoms with Crippen molar-refractivity contribution in [3.63, 3.8) is 0 Å². The summed E-state index contributed by atoms with van der Waals surface area (Å²) in [5.74, 6) is 0. The molecule has 1 aliphatic carbocycles. The molecule has 2 rings (SSSR count). The average Bonchev–Trinajstić information content (AvgIpc) is 3.21. The molecule has 1 atom stereocenters. The Labute approximate surface area is 126 Å². The number of piperidine rings is 1. The highest BCUT2D eigenvalue weighted by molar-refractivity contribution is 4.88. The predicted octanol–water partition coefficient (Wildman–Crippen LogP) is 2.57. The molecular formula is C17H35N3. The molecule has 3 nitrogen and oxygen atoms in total. The Morgan fingerprint density at radius 2 is 1.80 bits per heavy atom. The summed E-state index contributed by atoms with van der Waals surface area (Å²) in [5.41, 5.74) is 0.461. The van der Waals surface area contributed by atoms with Crippen molar-refractivity contribution in [3.8, 4) is 0 Å². The maximum atomic E-state index is 3.76. The second-order valence-corrected chi connectivity index (χ2v) is 7.69. The number of nitrogens with one attached hydrogen (secondary N) is 1. The van der Waals surface area contributed by atoms with Gasteiger partial charge in [-0.05, 0) is 64.7 Å². The largest absolute Gasteiger partial charge is 0.313 e. The monoisotopic (exact) mass is 281 g/mol. The number of likely N-dealkylation sites (tertiary alicyclic amines) is 1. The smallest absolute Gasteiger partial charge is 0.0113 e. The Morgan fingerprint density at radius 1 is 1.15 bits per heavy atom. The molecule has 1 saturated carbocycles. The third-order valence-electron chi connectivity index (χ3n) is 5.14. The van der Waals surface area contributed by atoms with Gasteiger partial charge < -0.3 is 15.1 Å². The van der Waals surface area contributed by atoms with Gasteiger partial charge in [-0.15, -0.1) is 0 Å². The normalized spacial score (nSPS) is 25.1. The molecule has 1 aliphatic heterocycles. The molecule has 118 valence electrons. The van der Waals surface area contributed by atoms with Crippen LogP contribution in [-0.4, -0.2) is 62.2 Å². The first-order valence-electron chi connectivity index (χ1n) is 8.64. The van der Waals surface area contributed by atoms with Crippen LogP contribution in [0.1, 0.15) is 52.4 Å². The van der Waals surface area contributed by atoms with Gasteiger partial charge >= 0.3 is 0 Å². The van der Waals surface area contributed by atoms with Crippen LogP contribution in [-0.2, 0) is 0 Å². The molecule has 1 N–H and O–H groups in total. The maximum absolute atomic E-state index is 3.76. The first-order chi connectivity index (χ1) is 9.52. The molecule has 2 aliphatic rings. The van der Waals surface area contributed by atoms with E-state index in [1.807, 2.05) is 0 Å². The van der Waals surface area contributed by atoms with Crippen LogP contribution in [0.15, 0.2) is 0 Å². The number of hydrogen-bond acceptors (Lipinski definition) is 3. The summed E-state index contributed by atoms with van der Waals surface area (Å²) in [6.45, 7) is 9.87. The lowest BCUT2D eigenvalue weighted by molar-refractivity contribution is 0.0951. The van der Waals surface area contributed by atoms with Gasteiger partial charge in [0.15, 0.2) is 0 Å². The van der Waals surface area contributed by atoms with Crippen molar-refractivity contribution < 1.29 is 0 Å². The van der Waals surface area contributed by atoms with Gasteiger partial charge in [0.1, 0.15) is 0 Å². The zero-order chi connectivity index (χ0) is 14.6. The van der Waals surface area contributed by atoms with Gasteiger partial charge in [-0.25, -0.2) is 0 Å². The van der Waals surface area contributed by atoms with Crippen molar-refractivity contribution >= 4 is 0 Å². The first-order valence-corrected chi connectivity index (χ1v) is 8.64. The van der Waals surface area contributed by atoms with Gasteiger partial charge in [-0.3, -0.25) is 0 Å². The van der Waals surface area contributed by atoms with Gasteiger partial charge in [0.2, 0.25) is 0 Å². The van der Waals surface area contributed by atoms with E-state index < -0.39 is 0 Å². The standard InChI is InChI=1S/C17H35N3/c1-5-10-17(2,13-18-15-6-7-15)14-20-11-8-16(9-12-20)19(3)4/h15-16,18H,5-14H2,1-4H3. The van der Waals surface area contributed by atoms with Gasteiger partial charge in [0.25, 0.3) is 0 Å². The minimum absolute atomic E-state index is 0.461. The maximum Gasteiger partial charge on any atom is 0.0113 e. The lowest BCUT2D eigenvalue weighted by Gasteiger charge is -2.40. The fraction of sp³-hybridized carbons (Fsp3) is 1.00. The molecule has 0 radical (unpaired) electrons. The summed E-state index contributed by atoms with van der Waals surface area (Å²) in [4.78, 5) is 5.11. The molecule has 3 heteroatoms. The molecule has 0 aromatic heterocycles. The molecule has 20 heavy (non-hydrogen) atoms. The van der Waals surface area contributed by atoms with Crippen molar-refractivity contribution in [2.75, 3.05) is 40.3 Å². The minimum atomic E-state index is 0.461. The van der Waals surface area contributed by atoms with Crippen molar-refractivity contribution in [2.24, 2.45) is 5.41 Å². The molecule has 0 amide bonds. The lowest BCUT2D eigenvalue weighted by Crippen LogP contribution is -2.48. The third kappa shape index (κ3) is 5.01. The van der Waals surface area contributed by atoms with Crippen LogP contribution >= 0.6 is 0 Å². The van der Waals surface area contributed by atoms with E-state index in [2.05, 4.69) is 43.1 Å². The molecule has 2 fully saturated rings. The Hall–Kier alpha value is -0.120. The Bertz CT molecular complexity index is 280. The van der Waals surface area contributed by atoms with Crippen molar-refractivity contribution in [3.05, 3.63) is 0 Å².